The van der Waals surface area contributed by atoms with Crippen molar-refractivity contribution >= 4 is 45.8 Å². The van der Waals surface area contributed by atoms with Crippen LogP contribution in [0.4, 0.5) is 10.7 Å². The number of carbonyl (C=O) groups excluding carboxylic acids is 2. The number of amides is 2. The highest BCUT2D eigenvalue weighted by atomic mass is 32.1. The van der Waals surface area contributed by atoms with Crippen LogP contribution in [0.25, 0.3) is 0 Å². The third kappa shape index (κ3) is 5.66. The zero-order valence-electron chi connectivity index (χ0n) is 19.2. The standard InChI is InChI=1S/C23H28N4O6S/c1-4-26(12-27-14(3)24-21(30)15-6-5-13(2)11-17(15)27)19-9-8-18(34-19)22(31)25-16(23(32)33)7-10-20(28)29/h5-6,8-9,11,14,16H,4,7,10,12H2,1-3H3,(H,24,30)(H,25,31)(H,28,29)(H,32,33)/t14?,16-/m0/s1. The second-order valence-electron chi connectivity index (χ2n) is 8.07. The number of hydrogen-bond acceptors (Lipinski definition) is 7. The molecule has 34 heavy (non-hydrogen) atoms. The average Bonchev–Trinajstić information content (AvgIpc) is 3.26. The van der Waals surface area contributed by atoms with Gasteiger partial charge in [-0.15, -0.1) is 11.3 Å². The quantitative estimate of drug-likeness (QED) is 0.400. The van der Waals surface area contributed by atoms with Crippen LogP contribution in [0.1, 0.15) is 52.3 Å². The summed E-state index contributed by atoms with van der Waals surface area (Å²) in [6.45, 7) is 6.96. The van der Waals surface area contributed by atoms with Crippen molar-refractivity contribution < 1.29 is 29.4 Å². The third-order valence-corrected chi connectivity index (χ3v) is 6.74. The molecule has 0 saturated carbocycles. The first kappa shape index (κ1) is 25.0. The van der Waals surface area contributed by atoms with Gasteiger partial charge in [-0.2, -0.15) is 0 Å². The molecule has 0 aliphatic carbocycles. The normalized spacial score (nSPS) is 15.8. The first-order chi connectivity index (χ1) is 16.1. The predicted octanol–water partition coefficient (Wildman–Crippen LogP) is 2.48. The number of benzene rings is 1. The Bertz CT molecular complexity index is 1100. The molecular weight excluding hydrogens is 460 g/mol. The van der Waals surface area contributed by atoms with Gasteiger partial charge in [0, 0.05) is 13.0 Å². The minimum atomic E-state index is -1.28. The summed E-state index contributed by atoms with van der Waals surface area (Å²) in [7, 11) is 0. The average molecular weight is 489 g/mol. The Hall–Kier alpha value is -3.60. The van der Waals surface area contributed by atoms with Gasteiger partial charge in [-0.3, -0.25) is 14.4 Å². The number of fused-ring (bicyclic) bond motifs is 1. The molecule has 1 unspecified atom stereocenters. The smallest absolute Gasteiger partial charge is 0.326 e. The van der Waals surface area contributed by atoms with Gasteiger partial charge in [0.1, 0.15) is 12.2 Å². The number of carboxylic acid groups (broad SMARTS) is 2. The van der Waals surface area contributed by atoms with Gasteiger partial charge in [0.2, 0.25) is 0 Å². The monoisotopic (exact) mass is 488 g/mol. The van der Waals surface area contributed by atoms with Crippen molar-refractivity contribution in [3.8, 4) is 0 Å². The molecule has 0 fully saturated rings. The van der Waals surface area contributed by atoms with E-state index in [0.717, 1.165) is 16.3 Å². The van der Waals surface area contributed by atoms with Crippen molar-refractivity contribution in [1.29, 1.82) is 0 Å². The van der Waals surface area contributed by atoms with Gasteiger partial charge in [-0.05, 0) is 57.0 Å². The van der Waals surface area contributed by atoms with Gasteiger partial charge in [0.15, 0.2) is 0 Å². The Balaban J connectivity index is 1.76. The second kappa shape index (κ2) is 10.6. The number of aliphatic carboxylic acids is 2. The zero-order valence-corrected chi connectivity index (χ0v) is 20.0. The Morgan fingerprint density at radius 2 is 1.97 bits per heavy atom. The summed E-state index contributed by atoms with van der Waals surface area (Å²) < 4.78 is 0. The van der Waals surface area contributed by atoms with Crippen LogP contribution in [0, 0.1) is 6.92 Å². The minimum Gasteiger partial charge on any atom is -0.481 e. The van der Waals surface area contributed by atoms with E-state index in [1.807, 2.05) is 39.0 Å². The number of nitrogens with zero attached hydrogens (tertiary/aromatic N) is 2. The van der Waals surface area contributed by atoms with Crippen molar-refractivity contribution in [2.24, 2.45) is 0 Å². The fraction of sp³-hybridized carbons (Fsp3) is 0.391. The van der Waals surface area contributed by atoms with Gasteiger partial charge in [-0.1, -0.05) is 6.07 Å². The molecule has 0 saturated heterocycles. The fourth-order valence-corrected chi connectivity index (χ4v) is 4.67. The molecule has 1 aliphatic heterocycles. The maximum atomic E-state index is 12.6. The van der Waals surface area contributed by atoms with Crippen LogP contribution in [-0.2, 0) is 9.59 Å². The molecule has 2 atom stereocenters. The van der Waals surface area contributed by atoms with Crippen LogP contribution in [0.5, 0.6) is 0 Å². The van der Waals surface area contributed by atoms with Crippen LogP contribution >= 0.6 is 11.3 Å². The maximum Gasteiger partial charge on any atom is 0.326 e. The van der Waals surface area contributed by atoms with E-state index in [1.54, 1.807) is 12.1 Å². The lowest BCUT2D eigenvalue weighted by Gasteiger charge is -2.40. The van der Waals surface area contributed by atoms with Crippen LogP contribution in [0.15, 0.2) is 30.3 Å². The lowest BCUT2D eigenvalue weighted by molar-refractivity contribution is -0.140. The molecule has 2 heterocycles. The lowest BCUT2D eigenvalue weighted by Crippen LogP contribution is -2.54. The molecule has 0 spiro atoms. The number of thiophene rings is 1. The molecule has 2 aromatic rings. The van der Waals surface area contributed by atoms with Gasteiger partial charge in [-0.25, -0.2) is 4.79 Å². The Morgan fingerprint density at radius 1 is 1.24 bits per heavy atom. The molecular formula is C23H28N4O6S. The third-order valence-electron chi connectivity index (χ3n) is 5.60. The minimum absolute atomic E-state index is 0.118. The summed E-state index contributed by atoms with van der Waals surface area (Å²) in [4.78, 5) is 51.6. The summed E-state index contributed by atoms with van der Waals surface area (Å²) in [6.07, 6.45) is -0.793. The molecule has 0 radical (unpaired) electrons. The van der Waals surface area contributed by atoms with Crippen LogP contribution < -0.4 is 20.4 Å². The number of hydrogen-bond donors (Lipinski definition) is 4. The highest BCUT2D eigenvalue weighted by molar-refractivity contribution is 7.18. The number of aryl methyl sites for hydroxylation is 1. The largest absolute Gasteiger partial charge is 0.481 e. The van der Waals surface area contributed by atoms with E-state index in [9.17, 15) is 24.3 Å². The summed E-state index contributed by atoms with van der Waals surface area (Å²) >= 11 is 1.22. The van der Waals surface area contributed by atoms with Gasteiger partial charge in [0.05, 0.1) is 27.8 Å². The van der Waals surface area contributed by atoms with Gasteiger partial charge < -0.3 is 30.6 Å². The fourth-order valence-electron chi connectivity index (χ4n) is 3.71. The molecule has 182 valence electrons. The molecule has 3 rings (SSSR count). The van der Waals surface area contributed by atoms with Gasteiger partial charge in [0.25, 0.3) is 11.8 Å². The van der Waals surface area contributed by atoms with Crippen molar-refractivity contribution in [3.05, 3.63) is 46.3 Å². The first-order valence-electron chi connectivity index (χ1n) is 10.9. The van der Waals surface area contributed by atoms with E-state index >= 15 is 0 Å². The lowest BCUT2D eigenvalue weighted by atomic mass is 10.1. The van der Waals surface area contributed by atoms with Crippen molar-refractivity contribution in [2.75, 3.05) is 23.0 Å². The SMILES string of the molecule is CCN(CN1c2cc(C)ccc2C(=O)NC1C)c1ccc(C(=O)N[C@@H](CCC(=O)O)C(=O)O)s1. The van der Waals surface area contributed by atoms with E-state index in [0.29, 0.717) is 23.7 Å². The number of carbonyl (C=O) groups is 4. The molecule has 11 heteroatoms. The molecule has 1 aliphatic rings. The molecule has 4 N–H and O–H groups in total. The number of nitrogens with one attached hydrogen (secondary N) is 2. The number of rotatable bonds is 10. The first-order valence-corrected chi connectivity index (χ1v) is 11.7. The van der Waals surface area contributed by atoms with Crippen LogP contribution in [0.3, 0.4) is 0 Å². The summed E-state index contributed by atoms with van der Waals surface area (Å²) in [5.41, 5.74) is 2.48. The zero-order chi connectivity index (χ0) is 25.0. The van der Waals surface area contributed by atoms with E-state index in [4.69, 9.17) is 5.11 Å². The van der Waals surface area contributed by atoms with E-state index < -0.39 is 23.9 Å². The number of anilines is 2. The molecule has 2 amide bonds. The summed E-state index contributed by atoms with van der Waals surface area (Å²) in [5.74, 6) is -3.09. The van der Waals surface area contributed by atoms with Crippen molar-refractivity contribution in [3.63, 3.8) is 0 Å². The van der Waals surface area contributed by atoms with Crippen LogP contribution in [0.2, 0.25) is 0 Å². The summed E-state index contributed by atoms with van der Waals surface area (Å²) in [5, 5.41) is 24.3. The maximum absolute atomic E-state index is 12.6. The van der Waals surface area contributed by atoms with Gasteiger partial charge >= 0.3 is 11.9 Å². The Morgan fingerprint density at radius 3 is 2.62 bits per heavy atom. The van der Waals surface area contributed by atoms with E-state index in [1.165, 1.54) is 11.3 Å². The summed E-state index contributed by atoms with van der Waals surface area (Å²) in [6, 6.07) is 7.82. The topological polar surface area (TPSA) is 139 Å². The van der Waals surface area contributed by atoms with Crippen LogP contribution in [-0.4, -0.2) is 59.4 Å². The Labute approximate surface area is 201 Å². The second-order valence-corrected chi connectivity index (χ2v) is 9.13. The van der Waals surface area contributed by atoms with E-state index in [2.05, 4.69) is 20.4 Å². The Kier molecular flexibility index (Phi) is 7.77. The highest BCUT2D eigenvalue weighted by Gasteiger charge is 2.29. The predicted molar refractivity (Wildman–Crippen MR) is 129 cm³/mol. The van der Waals surface area contributed by atoms with Crippen molar-refractivity contribution in [2.45, 2.75) is 45.8 Å². The van der Waals surface area contributed by atoms with Crippen molar-refractivity contribution in [1.82, 2.24) is 10.6 Å². The molecule has 1 aromatic heterocycles. The molecule has 1 aromatic carbocycles. The van der Waals surface area contributed by atoms with E-state index in [-0.39, 0.29) is 24.9 Å². The molecule has 0 bridgehead atoms. The number of carboxylic acids is 2. The molecule has 10 nitrogen and oxygen atoms in total. The highest BCUT2D eigenvalue weighted by Crippen LogP contribution is 2.31.